The molecule has 0 unspecified atom stereocenters. The van der Waals surface area contributed by atoms with Gasteiger partial charge in [-0.1, -0.05) is 44.7 Å². The zero-order chi connectivity index (χ0) is 12.8. The standard InChI is InChI=1S/C14H19NO2/c1-10(2)13-6-4-12(5-7-13)9-15-8-11(3)14(16)17/h4-7,10,15H,3,8-9H2,1-2H3,(H,16,17). The Morgan fingerprint density at radius 1 is 1.35 bits per heavy atom. The first-order chi connectivity index (χ1) is 8.00. The van der Waals surface area contributed by atoms with Crippen molar-refractivity contribution in [3.05, 3.63) is 47.5 Å². The second kappa shape index (κ2) is 6.21. The molecule has 3 heteroatoms. The van der Waals surface area contributed by atoms with E-state index in [9.17, 15) is 4.79 Å². The summed E-state index contributed by atoms with van der Waals surface area (Å²) in [5.74, 6) is -0.420. The highest BCUT2D eigenvalue weighted by Crippen LogP contribution is 2.14. The molecule has 0 aliphatic heterocycles. The minimum atomic E-state index is -0.951. The highest BCUT2D eigenvalue weighted by molar-refractivity contribution is 5.86. The van der Waals surface area contributed by atoms with Gasteiger partial charge in [-0.2, -0.15) is 0 Å². The number of benzene rings is 1. The number of aliphatic carboxylic acids is 1. The van der Waals surface area contributed by atoms with E-state index in [0.717, 1.165) is 5.56 Å². The van der Waals surface area contributed by atoms with E-state index in [1.165, 1.54) is 5.56 Å². The third-order valence-corrected chi connectivity index (χ3v) is 2.62. The highest BCUT2D eigenvalue weighted by Gasteiger charge is 2.03. The van der Waals surface area contributed by atoms with Crippen molar-refractivity contribution in [1.29, 1.82) is 0 Å². The van der Waals surface area contributed by atoms with Crippen LogP contribution in [0.3, 0.4) is 0 Å². The Bertz CT molecular complexity index is 393. The first-order valence-electron chi connectivity index (χ1n) is 5.71. The molecule has 0 spiro atoms. The van der Waals surface area contributed by atoms with Crippen molar-refractivity contribution in [2.75, 3.05) is 6.54 Å². The molecule has 0 amide bonds. The quantitative estimate of drug-likeness (QED) is 0.742. The maximum Gasteiger partial charge on any atom is 0.332 e. The number of hydrogen-bond acceptors (Lipinski definition) is 2. The second-order valence-electron chi connectivity index (χ2n) is 4.41. The third kappa shape index (κ3) is 4.41. The number of carboxylic acid groups (broad SMARTS) is 1. The molecule has 92 valence electrons. The minimum absolute atomic E-state index is 0.184. The van der Waals surface area contributed by atoms with E-state index in [2.05, 4.69) is 50.0 Å². The van der Waals surface area contributed by atoms with Crippen LogP contribution in [0.25, 0.3) is 0 Å². The van der Waals surface area contributed by atoms with Gasteiger partial charge in [-0.25, -0.2) is 4.79 Å². The van der Waals surface area contributed by atoms with Crippen molar-refractivity contribution >= 4 is 5.97 Å². The van der Waals surface area contributed by atoms with Crippen LogP contribution in [0, 0.1) is 0 Å². The summed E-state index contributed by atoms with van der Waals surface area (Å²) < 4.78 is 0. The molecule has 0 radical (unpaired) electrons. The smallest absolute Gasteiger partial charge is 0.332 e. The summed E-state index contributed by atoms with van der Waals surface area (Å²) in [5, 5.41) is 11.7. The molecule has 0 aromatic heterocycles. The molecular formula is C14H19NO2. The molecule has 1 aromatic carbocycles. The molecule has 0 saturated heterocycles. The van der Waals surface area contributed by atoms with Gasteiger partial charge in [-0.15, -0.1) is 0 Å². The molecule has 2 N–H and O–H groups in total. The van der Waals surface area contributed by atoms with E-state index in [-0.39, 0.29) is 5.57 Å². The number of carboxylic acids is 1. The monoisotopic (exact) mass is 233 g/mol. The van der Waals surface area contributed by atoms with Gasteiger partial charge < -0.3 is 10.4 Å². The lowest BCUT2D eigenvalue weighted by Gasteiger charge is -2.08. The fourth-order valence-corrected chi connectivity index (χ4v) is 1.45. The van der Waals surface area contributed by atoms with Crippen LogP contribution in [0.1, 0.15) is 30.9 Å². The number of rotatable bonds is 6. The molecule has 0 aliphatic rings. The molecule has 0 aliphatic carbocycles. The van der Waals surface area contributed by atoms with Crippen LogP contribution in [0.15, 0.2) is 36.4 Å². The van der Waals surface area contributed by atoms with E-state index < -0.39 is 5.97 Å². The largest absolute Gasteiger partial charge is 0.478 e. The molecule has 1 rings (SSSR count). The van der Waals surface area contributed by atoms with Gasteiger partial charge in [0.05, 0.1) is 0 Å². The summed E-state index contributed by atoms with van der Waals surface area (Å²) >= 11 is 0. The Morgan fingerprint density at radius 2 is 1.94 bits per heavy atom. The van der Waals surface area contributed by atoms with Gasteiger partial charge in [0.15, 0.2) is 0 Å². The van der Waals surface area contributed by atoms with Crippen LogP contribution in [-0.4, -0.2) is 17.6 Å². The lowest BCUT2D eigenvalue weighted by molar-refractivity contribution is -0.132. The molecule has 3 nitrogen and oxygen atoms in total. The molecule has 17 heavy (non-hydrogen) atoms. The summed E-state index contributed by atoms with van der Waals surface area (Å²) in [7, 11) is 0. The van der Waals surface area contributed by atoms with E-state index >= 15 is 0 Å². The van der Waals surface area contributed by atoms with Gasteiger partial charge in [0, 0.05) is 18.7 Å². The summed E-state index contributed by atoms with van der Waals surface area (Å²) in [6, 6.07) is 8.33. The van der Waals surface area contributed by atoms with Crippen molar-refractivity contribution in [3.8, 4) is 0 Å². The van der Waals surface area contributed by atoms with Crippen LogP contribution >= 0.6 is 0 Å². The molecule has 1 aromatic rings. The zero-order valence-electron chi connectivity index (χ0n) is 10.4. The fourth-order valence-electron chi connectivity index (χ4n) is 1.45. The average molecular weight is 233 g/mol. The van der Waals surface area contributed by atoms with Crippen molar-refractivity contribution in [2.45, 2.75) is 26.3 Å². The van der Waals surface area contributed by atoms with Crippen LogP contribution in [-0.2, 0) is 11.3 Å². The Balaban J connectivity index is 2.42. The van der Waals surface area contributed by atoms with Gasteiger partial charge in [0.1, 0.15) is 0 Å². The molecular weight excluding hydrogens is 214 g/mol. The number of nitrogens with one attached hydrogen (secondary N) is 1. The Morgan fingerprint density at radius 3 is 2.41 bits per heavy atom. The average Bonchev–Trinajstić information content (AvgIpc) is 2.29. The van der Waals surface area contributed by atoms with Crippen molar-refractivity contribution in [3.63, 3.8) is 0 Å². The van der Waals surface area contributed by atoms with E-state index in [1.807, 2.05) is 0 Å². The molecule has 0 bridgehead atoms. The third-order valence-electron chi connectivity index (χ3n) is 2.62. The van der Waals surface area contributed by atoms with E-state index in [4.69, 9.17) is 5.11 Å². The number of carbonyl (C=O) groups is 1. The Labute approximate surface area is 102 Å². The van der Waals surface area contributed by atoms with Gasteiger partial charge in [0.2, 0.25) is 0 Å². The molecule has 0 fully saturated rings. The SMILES string of the molecule is C=C(CNCc1ccc(C(C)C)cc1)C(=O)O. The summed E-state index contributed by atoms with van der Waals surface area (Å²) in [5.41, 5.74) is 2.64. The van der Waals surface area contributed by atoms with Crippen molar-refractivity contribution in [1.82, 2.24) is 5.32 Å². The lowest BCUT2D eigenvalue weighted by Crippen LogP contribution is -2.19. The highest BCUT2D eigenvalue weighted by atomic mass is 16.4. The van der Waals surface area contributed by atoms with Gasteiger partial charge in [-0.05, 0) is 17.0 Å². The topological polar surface area (TPSA) is 49.3 Å². The maximum absolute atomic E-state index is 10.5. The predicted molar refractivity (Wildman–Crippen MR) is 69.0 cm³/mol. The van der Waals surface area contributed by atoms with Crippen molar-refractivity contribution < 1.29 is 9.90 Å². The molecule has 0 atom stereocenters. The van der Waals surface area contributed by atoms with Gasteiger partial charge >= 0.3 is 5.97 Å². The van der Waals surface area contributed by atoms with Gasteiger partial charge in [0.25, 0.3) is 0 Å². The van der Waals surface area contributed by atoms with Crippen LogP contribution in [0.2, 0.25) is 0 Å². The van der Waals surface area contributed by atoms with Crippen LogP contribution < -0.4 is 5.32 Å². The second-order valence-corrected chi connectivity index (χ2v) is 4.41. The zero-order valence-corrected chi connectivity index (χ0v) is 10.4. The Kier molecular flexibility index (Phi) is 4.91. The first kappa shape index (κ1) is 13.5. The summed E-state index contributed by atoms with van der Waals surface area (Å²) in [6.45, 7) is 8.74. The maximum atomic E-state index is 10.5. The fraction of sp³-hybridized carbons (Fsp3) is 0.357. The lowest BCUT2D eigenvalue weighted by atomic mass is 10.0. The predicted octanol–water partition coefficient (Wildman–Crippen LogP) is 2.54. The van der Waals surface area contributed by atoms with Crippen molar-refractivity contribution in [2.24, 2.45) is 0 Å². The first-order valence-corrected chi connectivity index (χ1v) is 5.71. The molecule has 0 heterocycles. The minimum Gasteiger partial charge on any atom is -0.478 e. The summed E-state index contributed by atoms with van der Waals surface area (Å²) in [4.78, 5) is 10.5. The van der Waals surface area contributed by atoms with E-state index in [0.29, 0.717) is 19.0 Å². The van der Waals surface area contributed by atoms with Crippen LogP contribution in [0.4, 0.5) is 0 Å². The summed E-state index contributed by atoms with van der Waals surface area (Å²) in [6.07, 6.45) is 0. The van der Waals surface area contributed by atoms with Gasteiger partial charge in [-0.3, -0.25) is 0 Å². The van der Waals surface area contributed by atoms with Crippen LogP contribution in [0.5, 0.6) is 0 Å². The van der Waals surface area contributed by atoms with E-state index in [1.54, 1.807) is 0 Å². The number of hydrogen-bond donors (Lipinski definition) is 2. The molecule has 0 saturated carbocycles. The Hall–Kier alpha value is -1.61. The normalized spacial score (nSPS) is 10.5.